The van der Waals surface area contributed by atoms with Crippen molar-refractivity contribution in [1.82, 2.24) is 10.6 Å². The number of rotatable bonds is 13. The van der Waals surface area contributed by atoms with E-state index >= 15 is 0 Å². The van der Waals surface area contributed by atoms with Gasteiger partial charge in [0, 0.05) is 36.7 Å². The monoisotopic (exact) mass is 514 g/mol. The molecule has 0 spiro atoms. The lowest BCUT2D eigenvalue weighted by Crippen LogP contribution is -2.48. The van der Waals surface area contributed by atoms with Crippen LogP contribution in [-0.4, -0.2) is 42.8 Å². The molecule has 8 heteroatoms. The lowest BCUT2D eigenvalue weighted by atomic mass is 10.00. The molecule has 3 N–H and O–H groups in total. The smallest absolute Gasteiger partial charge is 0.251 e. The molecule has 192 valence electrons. The van der Waals surface area contributed by atoms with Gasteiger partial charge < -0.3 is 20.5 Å². The summed E-state index contributed by atoms with van der Waals surface area (Å²) in [6, 6.07) is 17.6. The van der Waals surface area contributed by atoms with E-state index < -0.39 is 23.8 Å². The summed E-state index contributed by atoms with van der Waals surface area (Å²) in [5, 5.41) is 17.0. The van der Waals surface area contributed by atoms with Crippen LogP contribution in [0, 0.1) is 11.6 Å². The molecule has 1 amide bonds. The van der Waals surface area contributed by atoms with Gasteiger partial charge >= 0.3 is 0 Å². The summed E-state index contributed by atoms with van der Waals surface area (Å²) >= 11 is 1.50. The highest BCUT2D eigenvalue weighted by atomic mass is 32.2. The summed E-state index contributed by atoms with van der Waals surface area (Å²) in [5.41, 5.74) is 3.07. The van der Waals surface area contributed by atoms with Crippen molar-refractivity contribution in [2.75, 3.05) is 19.6 Å². The van der Waals surface area contributed by atoms with Crippen LogP contribution in [0.15, 0.2) is 71.6 Å². The number of halogens is 2. The van der Waals surface area contributed by atoms with Gasteiger partial charge in [-0.1, -0.05) is 43.0 Å². The van der Waals surface area contributed by atoms with Crippen LogP contribution in [0.2, 0.25) is 0 Å². The predicted octanol–water partition coefficient (Wildman–Crippen LogP) is 4.72. The standard InChI is InChI=1S/C28H32F2N2O3S/c1-3-19-5-4-6-20(11-19)16-31-17-27(33)26(14-21-12-23(29)15-24(30)13-21)32-28(34)22-7-9-25(10-8-22)36-18-35-2/h4-13,15,26-27,31,33H,3,14,16-18H2,1-2H3,(H,32,34)/t26-,27+/m0/s1. The molecule has 0 aromatic heterocycles. The lowest BCUT2D eigenvalue weighted by Gasteiger charge is -2.25. The second-order valence-electron chi connectivity index (χ2n) is 8.51. The van der Waals surface area contributed by atoms with Crippen molar-refractivity contribution < 1.29 is 23.4 Å². The SMILES string of the molecule is CCc1cccc(CNC[C@@H](O)[C@H](Cc2cc(F)cc(F)c2)NC(=O)c2ccc(SCOC)cc2)c1. The van der Waals surface area contributed by atoms with E-state index in [2.05, 4.69) is 29.7 Å². The molecule has 0 bridgehead atoms. The van der Waals surface area contributed by atoms with E-state index in [-0.39, 0.29) is 18.9 Å². The second kappa shape index (κ2) is 14.1. The van der Waals surface area contributed by atoms with Crippen LogP contribution in [-0.2, 0) is 24.1 Å². The molecule has 0 fully saturated rings. The van der Waals surface area contributed by atoms with Gasteiger partial charge in [-0.15, -0.1) is 0 Å². The molecule has 0 aliphatic carbocycles. The van der Waals surface area contributed by atoms with Gasteiger partial charge in [0.1, 0.15) is 11.6 Å². The maximum absolute atomic E-state index is 13.8. The number of ether oxygens (including phenoxy) is 1. The fraction of sp³-hybridized carbons (Fsp3) is 0.321. The number of carbonyl (C=O) groups is 1. The van der Waals surface area contributed by atoms with Gasteiger partial charge in [-0.2, -0.15) is 0 Å². The summed E-state index contributed by atoms with van der Waals surface area (Å²) in [6.07, 6.45) is 0.00291. The number of aliphatic hydroxyl groups is 1. The van der Waals surface area contributed by atoms with Gasteiger partial charge in [0.15, 0.2) is 0 Å². The fourth-order valence-corrected chi connectivity index (χ4v) is 4.40. The molecule has 3 aromatic carbocycles. The molecule has 0 saturated heterocycles. The highest BCUT2D eigenvalue weighted by molar-refractivity contribution is 7.99. The maximum atomic E-state index is 13.8. The summed E-state index contributed by atoms with van der Waals surface area (Å²) in [7, 11) is 1.61. The van der Waals surface area contributed by atoms with Crippen LogP contribution in [0.3, 0.4) is 0 Å². The Bertz CT molecular complexity index is 1110. The molecule has 0 unspecified atom stereocenters. The van der Waals surface area contributed by atoms with Crippen molar-refractivity contribution in [3.8, 4) is 0 Å². The third-order valence-electron chi connectivity index (χ3n) is 5.70. The van der Waals surface area contributed by atoms with E-state index in [0.29, 0.717) is 23.6 Å². The third kappa shape index (κ3) is 8.71. The largest absolute Gasteiger partial charge is 0.390 e. The number of hydrogen-bond acceptors (Lipinski definition) is 5. The van der Waals surface area contributed by atoms with Crippen molar-refractivity contribution in [3.05, 3.63) is 101 Å². The molecular formula is C28H32F2N2O3S. The number of carbonyl (C=O) groups excluding carboxylic acids is 1. The van der Waals surface area contributed by atoms with Crippen LogP contribution in [0.5, 0.6) is 0 Å². The Morgan fingerprint density at radius 1 is 1.00 bits per heavy atom. The normalized spacial score (nSPS) is 12.8. The van der Waals surface area contributed by atoms with Crippen molar-refractivity contribution in [1.29, 1.82) is 0 Å². The van der Waals surface area contributed by atoms with E-state index in [4.69, 9.17) is 4.74 Å². The van der Waals surface area contributed by atoms with E-state index in [1.165, 1.54) is 29.5 Å². The molecule has 3 rings (SSSR count). The zero-order chi connectivity index (χ0) is 25.9. The predicted molar refractivity (Wildman–Crippen MR) is 139 cm³/mol. The lowest BCUT2D eigenvalue weighted by molar-refractivity contribution is 0.0829. The minimum absolute atomic E-state index is 0.0658. The Kier molecular flexibility index (Phi) is 10.9. The Balaban J connectivity index is 1.69. The first-order chi connectivity index (χ1) is 17.4. The summed E-state index contributed by atoms with van der Waals surface area (Å²) in [5.74, 6) is -1.29. The second-order valence-corrected chi connectivity index (χ2v) is 9.50. The zero-order valence-corrected chi connectivity index (χ0v) is 21.3. The first-order valence-electron chi connectivity index (χ1n) is 11.8. The number of amides is 1. The number of nitrogens with one attached hydrogen (secondary N) is 2. The Hall–Kier alpha value is -2.78. The first kappa shape index (κ1) is 27.8. The Morgan fingerprint density at radius 3 is 2.36 bits per heavy atom. The molecule has 0 heterocycles. The minimum Gasteiger partial charge on any atom is -0.390 e. The molecule has 0 aliphatic heterocycles. The van der Waals surface area contributed by atoms with Gasteiger partial charge in [-0.3, -0.25) is 4.79 Å². The number of hydrogen-bond donors (Lipinski definition) is 3. The van der Waals surface area contributed by atoms with Gasteiger partial charge in [0.25, 0.3) is 5.91 Å². The van der Waals surface area contributed by atoms with Crippen LogP contribution < -0.4 is 10.6 Å². The van der Waals surface area contributed by atoms with Crippen molar-refractivity contribution in [2.45, 2.75) is 43.4 Å². The summed E-state index contributed by atoms with van der Waals surface area (Å²) < 4.78 is 32.6. The molecular weight excluding hydrogens is 482 g/mol. The minimum atomic E-state index is -0.994. The maximum Gasteiger partial charge on any atom is 0.251 e. The molecule has 36 heavy (non-hydrogen) atoms. The van der Waals surface area contributed by atoms with E-state index in [1.807, 2.05) is 24.3 Å². The Labute approximate surface area is 215 Å². The topological polar surface area (TPSA) is 70.6 Å². The van der Waals surface area contributed by atoms with Gasteiger partial charge in [-0.25, -0.2) is 8.78 Å². The van der Waals surface area contributed by atoms with Crippen molar-refractivity contribution in [3.63, 3.8) is 0 Å². The van der Waals surface area contributed by atoms with Crippen LogP contribution >= 0.6 is 11.8 Å². The van der Waals surface area contributed by atoms with Gasteiger partial charge in [-0.05, 0) is 65.9 Å². The fourth-order valence-electron chi connectivity index (χ4n) is 3.81. The van der Waals surface area contributed by atoms with Crippen molar-refractivity contribution in [2.24, 2.45) is 0 Å². The average Bonchev–Trinajstić information content (AvgIpc) is 2.86. The summed E-state index contributed by atoms with van der Waals surface area (Å²) in [6.45, 7) is 2.82. The van der Waals surface area contributed by atoms with Crippen LogP contribution in [0.1, 0.15) is 34.0 Å². The number of aryl methyl sites for hydroxylation is 1. The molecule has 3 aromatic rings. The van der Waals surface area contributed by atoms with E-state index in [1.54, 1.807) is 19.2 Å². The molecule has 5 nitrogen and oxygen atoms in total. The number of methoxy groups -OCH3 is 1. The number of thioether (sulfide) groups is 1. The van der Waals surface area contributed by atoms with Gasteiger partial charge in [0.2, 0.25) is 0 Å². The Morgan fingerprint density at radius 2 is 1.69 bits per heavy atom. The average molecular weight is 515 g/mol. The number of aliphatic hydroxyl groups excluding tert-OH is 1. The van der Waals surface area contributed by atoms with Crippen molar-refractivity contribution >= 4 is 17.7 Å². The zero-order valence-electron chi connectivity index (χ0n) is 20.5. The highest BCUT2D eigenvalue weighted by Crippen LogP contribution is 2.19. The van der Waals surface area contributed by atoms with E-state index in [0.717, 1.165) is 22.9 Å². The third-order valence-corrected chi connectivity index (χ3v) is 6.66. The van der Waals surface area contributed by atoms with Crippen LogP contribution in [0.4, 0.5) is 8.78 Å². The summed E-state index contributed by atoms with van der Waals surface area (Å²) in [4.78, 5) is 13.9. The first-order valence-corrected chi connectivity index (χ1v) is 12.8. The molecule has 0 aliphatic rings. The van der Waals surface area contributed by atoms with E-state index in [9.17, 15) is 18.7 Å². The van der Waals surface area contributed by atoms with Gasteiger partial charge in [0.05, 0.1) is 18.1 Å². The molecule has 2 atom stereocenters. The molecule has 0 saturated carbocycles. The molecule has 0 radical (unpaired) electrons. The quantitative estimate of drug-likeness (QED) is 0.228. The highest BCUT2D eigenvalue weighted by Gasteiger charge is 2.23. The van der Waals surface area contributed by atoms with Crippen LogP contribution in [0.25, 0.3) is 0 Å². The number of benzene rings is 3.